The third kappa shape index (κ3) is 3.13. The Morgan fingerprint density at radius 3 is 2.21 bits per heavy atom. The highest BCUT2D eigenvalue weighted by Crippen LogP contribution is 2.63. The highest BCUT2D eigenvalue weighted by molar-refractivity contribution is 6.83. The van der Waals surface area contributed by atoms with E-state index in [0.29, 0.717) is 6.42 Å². The van der Waals surface area contributed by atoms with Crippen LogP contribution in [0.4, 0.5) is 0 Å². The summed E-state index contributed by atoms with van der Waals surface area (Å²) in [5.74, 6) is 2.95. The average Bonchev–Trinajstić information content (AvgIpc) is 2.63. The highest BCUT2D eigenvalue weighted by Gasteiger charge is 2.59. The van der Waals surface area contributed by atoms with Gasteiger partial charge in [-0.3, -0.25) is 9.59 Å². The van der Waals surface area contributed by atoms with Crippen LogP contribution in [0, 0.1) is 56.3 Å². The molecule has 0 saturated heterocycles. The zero-order chi connectivity index (χ0) is 21.8. The van der Waals surface area contributed by atoms with Crippen LogP contribution in [0.2, 0.25) is 19.6 Å². The molecule has 148 valence electrons. The monoisotopic (exact) mass is 402 g/mol. The van der Waals surface area contributed by atoms with Gasteiger partial charge in [0, 0.05) is 10.8 Å². The van der Waals surface area contributed by atoms with Crippen molar-refractivity contribution in [3.05, 3.63) is 34.9 Å². The number of carbonyl (C=O) groups is 2. The third-order valence-corrected chi connectivity index (χ3v) is 7.47. The summed E-state index contributed by atoms with van der Waals surface area (Å²) in [5.41, 5.74) is 2.45. The van der Waals surface area contributed by atoms with Crippen molar-refractivity contribution in [3.63, 3.8) is 0 Å². The lowest BCUT2D eigenvalue weighted by Crippen LogP contribution is -2.53. The molecule has 0 aromatic heterocycles. The Morgan fingerprint density at radius 1 is 1.03 bits per heavy atom. The van der Waals surface area contributed by atoms with E-state index in [1.807, 2.05) is 26.8 Å². The zero-order valence-corrected chi connectivity index (χ0v) is 18.9. The van der Waals surface area contributed by atoms with Crippen LogP contribution in [0.3, 0.4) is 0 Å². The number of rotatable bonds is 0. The molecule has 3 atom stereocenters. The summed E-state index contributed by atoms with van der Waals surface area (Å²) >= 11 is 0. The van der Waals surface area contributed by atoms with Gasteiger partial charge in [-0.1, -0.05) is 52.4 Å². The third-order valence-electron chi connectivity index (χ3n) is 6.59. The first-order valence-electron chi connectivity index (χ1n) is 9.93. The van der Waals surface area contributed by atoms with Gasteiger partial charge in [-0.15, -0.1) is 5.54 Å². The molecule has 3 aliphatic carbocycles. The molecule has 5 heteroatoms. The molecule has 1 fully saturated rings. The van der Waals surface area contributed by atoms with Crippen molar-refractivity contribution in [2.75, 3.05) is 0 Å². The summed E-state index contributed by atoms with van der Waals surface area (Å²) in [6.45, 7) is 12.3. The smallest absolute Gasteiger partial charge is 0.196 e. The second-order valence-electron chi connectivity index (χ2n) is 10.2. The number of hydrogen-bond donors (Lipinski definition) is 0. The van der Waals surface area contributed by atoms with Crippen molar-refractivity contribution in [1.82, 2.24) is 0 Å². The normalized spacial score (nSPS) is 32.8. The quantitative estimate of drug-likeness (QED) is 0.447. The molecule has 29 heavy (non-hydrogen) atoms. The Hall–Kier alpha value is -2.68. The minimum Gasteiger partial charge on any atom is -0.293 e. The minimum absolute atomic E-state index is 0.0440. The second-order valence-corrected chi connectivity index (χ2v) is 14.9. The zero-order valence-electron chi connectivity index (χ0n) is 17.9. The number of Topliss-reactive ketones (excluding diaryl/α,β-unsaturated/α-hetero) is 1. The predicted octanol–water partition coefficient (Wildman–Crippen LogP) is 4.29. The van der Waals surface area contributed by atoms with Gasteiger partial charge in [0.15, 0.2) is 11.6 Å². The summed E-state index contributed by atoms with van der Waals surface area (Å²) in [5, 5.41) is 19.1. The first-order valence-corrected chi connectivity index (χ1v) is 13.4. The SMILES string of the molecule is CC1(C)C(=O)C(C#N)=C[C@]2(C)C3=CC(=O)C(C#N)=C[C@]3(C#C[Si](C)(C)C)CCC12. The Kier molecular flexibility index (Phi) is 4.65. The standard InChI is InChI=1S/C24H26N2O2Si/c1-22(2)19-7-8-24(9-10-29(4,5)6)13-16(14-25)18(27)11-20(24)23(19,3)12-17(15-26)21(22)28/h11-13,19H,7-8H2,1-6H3/t19?,23-,24+/m0/s1. The maximum atomic E-state index is 12.9. The van der Waals surface area contributed by atoms with E-state index in [1.54, 1.807) is 18.2 Å². The largest absolute Gasteiger partial charge is 0.293 e. The average molecular weight is 403 g/mol. The number of allylic oxidation sites excluding steroid dienone is 6. The highest BCUT2D eigenvalue weighted by atomic mass is 28.3. The fourth-order valence-electron chi connectivity index (χ4n) is 5.23. The molecule has 0 aromatic rings. The fourth-order valence-corrected chi connectivity index (χ4v) is 5.83. The predicted molar refractivity (Wildman–Crippen MR) is 114 cm³/mol. The molecule has 0 radical (unpaired) electrons. The molecule has 0 heterocycles. The fraction of sp³-hybridized carbons (Fsp3) is 0.500. The number of nitrogens with zero attached hydrogens (tertiary/aromatic N) is 2. The van der Waals surface area contributed by atoms with E-state index >= 15 is 0 Å². The summed E-state index contributed by atoms with van der Waals surface area (Å²) in [4.78, 5) is 25.5. The maximum Gasteiger partial charge on any atom is 0.196 e. The van der Waals surface area contributed by atoms with Gasteiger partial charge in [0.2, 0.25) is 0 Å². The number of carbonyl (C=O) groups excluding carboxylic acids is 2. The van der Waals surface area contributed by atoms with Crippen LogP contribution in [0.15, 0.2) is 34.9 Å². The maximum absolute atomic E-state index is 12.9. The van der Waals surface area contributed by atoms with Gasteiger partial charge in [-0.25, -0.2) is 0 Å². The van der Waals surface area contributed by atoms with Crippen LogP contribution in [-0.4, -0.2) is 19.6 Å². The van der Waals surface area contributed by atoms with Crippen LogP contribution in [0.25, 0.3) is 0 Å². The van der Waals surface area contributed by atoms with E-state index in [2.05, 4.69) is 37.2 Å². The molecule has 4 nitrogen and oxygen atoms in total. The Morgan fingerprint density at radius 2 is 1.66 bits per heavy atom. The topological polar surface area (TPSA) is 81.7 Å². The lowest BCUT2D eigenvalue weighted by Gasteiger charge is -2.56. The molecule has 0 bridgehead atoms. The van der Waals surface area contributed by atoms with Crippen molar-refractivity contribution in [2.24, 2.45) is 22.2 Å². The van der Waals surface area contributed by atoms with E-state index < -0.39 is 24.3 Å². The molecule has 0 aliphatic heterocycles. The van der Waals surface area contributed by atoms with Gasteiger partial charge >= 0.3 is 0 Å². The van der Waals surface area contributed by atoms with Crippen molar-refractivity contribution < 1.29 is 9.59 Å². The van der Waals surface area contributed by atoms with E-state index in [1.165, 1.54) is 0 Å². The first-order chi connectivity index (χ1) is 13.3. The van der Waals surface area contributed by atoms with Gasteiger partial charge in [0.25, 0.3) is 0 Å². The van der Waals surface area contributed by atoms with Crippen LogP contribution >= 0.6 is 0 Å². The number of fused-ring (bicyclic) bond motifs is 3. The molecule has 3 rings (SSSR count). The Balaban J connectivity index is 2.32. The Labute approximate surface area is 174 Å². The lowest BCUT2D eigenvalue weighted by atomic mass is 9.45. The molecule has 1 saturated carbocycles. The van der Waals surface area contributed by atoms with E-state index in [0.717, 1.165) is 12.0 Å². The van der Waals surface area contributed by atoms with Crippen LogP contribution in [0.5, 0.6) is 0 Å². The summed E-state index contributed by atoms with van der Waals surface area (Å²) in [6, 6.07) is 4.09. The molecule has 0 aromatic carbocycles. The van der Waals surface area contributed by atoms with Gasteiger partial charge < -0.3 is 0 Å². The van der Waals surface area contributed by atoms with E-state index in [-0.39, 0.29) is 28.6 Å². The van der Waals surface area contributed by atoms with E-state index in [4.69, 9.17) is 0 Å². The summed E-state index contributed by atoms with van der Waals surface area (Å²) < 4.78 is 0. The van der Waals surface area contributed by atoms with Crippen LogP contribution in [-0.2, 0) is 9.59 Å². The summed E-state index contributed by atoms with van der Waals surface area (Å²) in [6.07, 6.45) is 6.43. The van der Waals surface area contributed by atoms with Crippen molar-refractivity contribution in [1.29, 1.82) is 10.5 Å². The Bertz CT molecular complexity index is 1060. The second kappa shape index (κ2) is 6.41. The van der Waals surface area contributed by atoms with Gasteiger partial charge in [0.1, 0.15) is 20.2 Å². The minimum atomic E-state index is -1.71. The molecule has 3 aliphatic rings. The van der Waals surface area contributed by atoms with Gasteiger partial charge in [0.05, 0.1) is 16.6 Å². The number of nitriles is 2. The first kappa shape index (κ1) is 21.0. The van der Waals surface area contributed by atoms with E-state index in [9.17, 15) is 20.1 Å². The molecular formula is C24H26N2O2Si. The number of ketones is 2. The molecular weight excluding hydrogens is 376 g/mol. The lowest BCUT2D eigenvalue weighted by molar-refractivity contribution is -0.130. The molecule has 0 spiro atoms. The van der Waals surface area contributed by atoms with Crippen LogP contribution < -0.4 is 0 Å². The van der Waals surface area contributed by atoms with Crippen molar-refractivity contribution >= 4 is 19.6 Å². The van der Waals surface area contributed by atoms with Crippen LogP contribution in [0.1, 0.15) is 33.6 Å². The summed E-state index contributed by atoms with van der Waals surface area (Å²) in [7, 11) is -1.71. The number of hydrogen-bond acceptors (Lipinski definition) is 4. The van der Waals surface area contributed by atoms with Gasteiger partial charge in [-0.05, 0) is 36.5 Å². The molecule has 0 amide bonds. The van der Waals surface area contributed by atoms with Crippen molar-refractivity contribution in [3.8, 4) is 23.6 Å². The molecule has 1 unspecified atom stereocenters. The van der Waals surface area contributed by atoms with Gasteiger partial charge in [-0.2, -0.15) is 10.5 Å². The molecule has 0 N–H and O–H groups in total. The van der Waals surface area contributed by atoms with Crippen molar-refractivity contribution in [2.45, 2.75) is 53.3 Å².